The number of aryl methyl sites for hydroxylation is 2. The molecule has 2 N–H and O–H groups in total. The third kappa shape index (κ3) is 3.30. The summed E-state index contributed by atoms with van der Waals surface area (Å²) in [6.07, 6.45) is 1.53. The topological polar surface area (TPSA) is 41.1 Å². The van der Waals surface area contributed by atoms with Crippen molar-refractivity contribution in [3.63, 3.8) is 0 Å². The predicted molar refractivity (Wildman–Crippen MR) is 69.0 cm³/mol. The van der Waals surface area contributed by atoms with Crippen molar-refractivity contribution in [3.05, 3.63) is 34.9 Å². The molecule has 0 saturated carbocycles. The lowest BCUT2D eigenvalue weighted by atomic mass is 10.0. The average Bonchev–Trinajstić information content (AvgIpc) is 2.76. The Bertz CT molecular complexity index is 409. The molecule has 1 amide bonds. The van der Waals surface area contributed by atoms with E-state index in [1.807, 2.05) is 0 Å². The first-order valence-electron chi connectivity index (χ1n) is 6.21. The number of hydrogen-bond donors (Lipinski definition) is 2. The van der Waals surface area contributed by atoms with Gasteiger partial charge in [-0.05, 0) is 37.9 Å². The minimum Gasteiger partial charge on any atom is -0.352 e. The number of carbonyl (C=O) groups is 1. The van der Waals surface area contributed by atoms with Gasteiger partial charge in [0.15, 0.2) is 0 Å². The van der Waals surface area contributed by atoms with Crippen LogP contribution in [-0.2, 0) is 11.2 Å². The lowest BCUT2D eigenvalue weighted by Crippen LogP contribution is -2.37. The normalized spacial score (nSPS) is 19.3. The summed E-state index contributed by atoms with van der Waals surface area (Å²) in [6, 6.07) is 6.57. The van der Waals surface area contributed by atoms with Crippen LogP contribution >= 0.6 is 0 Å². The van der Waals surface area contributed by atoms with Gasteiger partial charge in [-0.3, -0.25) is 4.79 Å². The number of rotatable bonds is 3. The van der Waals surface area contributed by atoms with Crippen molar-refractivity contribution in [3.8, 4) is 0 Å². The molecule has 3 heteroatoms. The molecule has 0 unspecified atom stereocenters. The summed E-state index contributed by atoms with van der Waals surface area (Å²) in [5.41, 5.74) is 3.53. The van der Waals surface area contributed by atoms with E-state index < -0.39 is 0 Å². The van der Waals surface area contributed by atoms with Crippen molar-refractivity contribution >= 4 is 5.91 Å². The molecule has 0 aliphatic carbocycles. The van der Waals surface area contributed by atoms with E-state index >= 15 is 0 Å². The van der Waals surface area contributed by atoms with E-state index in [1.54, 1.807) is 0 Å². The van der Waals surface area contributed by atoms with Crippen molar-refractivity contribution in [2.45, 2.75) is 32.7 Å². The Hall–Kier alpha value is -1.35. The molecule has 0 spiro atoms. The van der Waals surface area contributed by atoms with Crippen LogP contribution < -0.4 is 10.6 Å². The van der Waals surface area contributed by atoms with Crippen LogP contribution in [0.25, 0.3) is 0 Å². The van der Waals surface area contributed by atoms with Gasteiger partial charge < -0.3 is 10.6 Å². The monoisotopic (exact) mass is 232 g/mol. The second-order valence-corrected chi connectivity index (χ2v) is 4.86. The fraction of sp³-hybridized carbons (Fsp3) is 0.500. The van der Waals surface area contributed by atoms with Crippen LogP contribution in [0.2, 0.25) is 0 Å². The Morgan fingerprint density at radius 3 is 3.00 bits per heavy atom. The van der Waals surface area contributed by atoms with Gasteiger partial charge in [0, 0.05) is 12.6 Å². The third-order valence-electron chi connectivity index (χ3n) is 3.28. The van der Waals surface area contributed by atoms with E-state index in [0.717, 1.165) is 25.1 Å². The van der Waals surface area contributed by atoms with Gasteiger partial charge in [0.2, 0.25) is 5.91 Å². The molecule has 3 nitrogen and oxygen atoms in total. The van der Waals surface area contributed by atoms with Gasteiger partial charge in [-0.15, -0.1) is 0 Å². The first-order valence-corrected chi connectivity index (χ1v) is 6.21. The fourth-order valence-corrected chi connectivity index (χ4v) is 2.22. The van der Waals surface area contributed by atoms with Crippen molar-refractivity contribution in [2.75, 3.05) is 13.1 Å². The van der Waals surface area contributed by atoms with Gasteiger partial charge in [-0.2, -0.15) is 0 Å². The number of amides is 1. The number of carbonyl (C=O) groups excluding carboxylic acids is 1. The van der Waals surface area contributed by atoms with E-state index in [2.05, 4.69) is 42.7 Å². The van der Waals surface area contributed by atoms with Crippen LogP contribution in [0.1, 0.15) is 23.1 Å². The molecule has 92 valence electrons. The largest absolute Gasteiger partial charge is 0.352 e. The molecule has 1 aliphatic heterocycles. The Labute approximate surface area is 103 Å². The summed E-state index contributed by atoms with van der Waals surface area (Å²) in [5.74, 6) is 0.132. The first-order chi connectivity index (χ1) is 8.15. The number of hydrogen-bond acceptors (Lipinski definition) is 2. The standard InChI is InChI=1S/C14H20N2O/c1-10-3-4-11(2)12(7-10)8-14(17)16-13-5-6-15-9-13/h3-4,7,13,15H,5-6,8-9H2,1-2H3,(H,16,17)/t13-/m0/s1. The molecule has 1 saturated heterocycles. The molecule has 1 heterocycles. The van der Waals surface area contributed by atoms with Crippen molar-refractivity contribution in [2.24, 2.45) is 0 Å². The summed E-state index contributed by atoms with van der Waals surface area (Å²) in [7, 11) is 0. The maximum atomic E-state index is 11.9. The van der Waals surface area contributed by atoms with E-state index in [1.165, 1.54) is 11.1 Å². The van der Waals surface area contributed by atoms with E-state index in [9.17, 15) is 4.79 Å². The summed E-state index contributed by atoms with van der Waals surface area (Å²) < 4.78 is 0. The SMILES string of the molecule is Cc1ccc(C)c(CC(=O)N[C@H]2CCNC2)c1. The number of nitrogens with one attached hydrogen (secondary N) is 2. The summed E-state index contributed by atoms with van der Waals surface area (Å²) in [5, 5.41) is 6.32. The molecular weight excluding hydrogens is 212 g/mol. The molecule has 1 aromatic rings. The van der Waals surface area contributed by atoms with Gasteiger partial charge in [-0.1, -0.05) is 23.8 Å². The lowest BCUT2D eigenvalue weighted by molar-refractivity contribution is -0.121. The predicted octanol–water partition coefficient (Wildman–Crippen LogP) is 1.32. The Morgan fingerprint density at radius 2 is 2.29 bits per heavy atom. The average molecular weight is 232 g/mol. The van der Waals surface area contributed by atoms with E-state index in [-0.39, 0.29) is 5.91 Å². The first kappa shape index (κ1) is 12.1. The molecule has 0 bridgehead atoms. The highest BCUT2D eigenvalue weighted by molar-refractivity contribution is 5.79. The van der Waals surface area contributed by atoms with Gasteiger partial charge in [0.1, 0.15) is 0 Å². The van der Waals surface area contributed by atoms with Crippen LogP contribution in [0, 0.1) is 13.8 Å². The zero-order valence-corrected chi connectivity index (χ0v) is 10.5. The number of benzene rings is 1. The van der Waals surface area contributed by atoms with Gasteiger partial charge in [-0.25, -0.2) is 0 Å². The summed E-state index contributed by atoms with van der Waals surface area (Å²) >= 11 is 0. The van der Waals surface area contributed by atoms with Gasteiger partial charge >= 0.3 is 0 Å². The minimum absolute atomic E-state index is 0.132. The summed E-state index contributed by atoms with van der Waals surface area (Å²) in [4.78, 5) is 11.9. The van der Waals surface area contributed by atoms with E-state index in [4.69, 9.17) is 0 Å². The van der Waals surface area contributed by atoms with Crippen molar-refractivity contribution in [1.29, 1.82) is 0 Å². The van der Waals surface area contributed by atoms with Gasteiger partial charge in [0.05, 0.1) is 6.42 Å². The van der Waals surface area contributed by atoms with Crippen LogP contribution in [0.15, 0.2) is 18.2 Å². The maximum Gasteiger partial charge on any atom is 0.224 e. The van der Waals surface area contributed by atoms with Crippen LogP contribution in [0.4, 0.5) is 0 Å². The van der Waals surface area contributed by atoms with Crippen molar-refractivity contribution in [1.82, 2.24) is 10.6 Å². The molecular formula is C14H20N2O. The van der Waals surface area contributed by atoms with E-state index in [0.29, 0.717) is 12.5 Å². The Morgan fingerprint density at radius 1 is 1.47 bits per heavy atom. The lowest BCUT2D eigenvalue weighted by Gasteiger charge is -2.12. The molecule has 2 rings (SSSR count). The summed E-state index contributed by atoms with van der Waals surface area (Å²) in [6.45, 7) is 6.02. The van der Waals surface area contributed by atoms with Crippen LogP contribution in [0.3, 0.4) is 0 Å². The zero-order valence-electron chi connectivity index (χ0n) is 10.5. The highest BCUT2D eigenvalue weighted by Gasteiger charge is 2.16. The zero-order chi connectivity index (χ0) is 12.3. The van der Waals surface area contributed by atoms with Gasteiger partial charge in [0.25, 0.3) is 0 Å². The molecule has 1 aliphatic rings. The highest BCUT2D eigenvalue weighted by atomic mass is 16.1. The molecule has 0 radical (unpaired) electrons. The third-order valence-corrected chi connectivity index (χ3v) is 3.28. The molecule has 17 heavy (non-hydrogen) atoms. The van der Waals surface area contributed by atoms with Crippen LogP contribution in [0.5, 0.6) is 0 Å². The quantitative estimate of drug-likeness (QED) is 0.825. The minimum atomic E-state index is 0.132. The smallest absolute Gasteiger partial charge is 0.224 e. The molecule has 1 fully saturated rings. The molecule has 1 atom stereocenters. The highest BCUT2D eigenvalue weighted by Crippen LogP contribution is 2.11. The van der Waals surface area contributed by atoms with Crippen molar-refractivity contribution < 1.29 is 4.79 Å². The Balaban J connectivity index is 1.95. The second-order valence-electron chi connectivity index (χ2n) is 4.86. The fourth-order valence-electron chi connectivity index (χ4n) is 2.22. The molecule has 0 aromatic heterocycles. The second kappa shape index (κ2) is 5.32. The maximum absolute atomic E-state index is 11.9. The molecule has 1 aromatic carbocycles. The van der Waals surface area contributed by atoms with Crippen LogP contribution in [-0.4, -0.2) is 25.0 Å². The Kier molecular flexibility index (Phi) is 3.79.